The summed E-state index contributed by atoms with van der Waals surface area (Å²) in [6.07, 6.45) is 0. The number of nitro benzene ring substituents is 1. The monoisotopic (exact) mass is 201 g/mol. The van der Waals surface area contributed by atoms with Crippen LogP contribution in [0.25, 0.3) is 0 Å². The Morgan fingerprint density at radius 1 is 1.43 bits per heavy atom. The molecular weight excluding hydrogens is 196 g/mol. The molecule has 6 heteroatoms. The summed E-state index contributed by atoms with van der Waals surface area (Å²) in [5.41, 5.74) is -1.55. The summed E-state index contributed by atoms with van der Waals surface area (Å²) in [5.74, 6) is -3.64. The molecule has 0 radical (unpaired) electrons. The van der Waals surface area contributed by atoms with E-state index in [1.54, 1.807) is 0 Å². The predicted octanol–water partition coefficient (Wildman–Crippen LogP) is 2.08. The molecule has 0 fully saturated rings. The molecule has 1 rings (SSSR count). The van der Waals surface area contributed by atoms with Crippen LogP contribution in [-0.4, -0.2) is 10.7 Å². The smallest absolute Gasteiger partial charge is 0.283 e. The molecule has 0 aliphatic heterocycles. The minimum absolute atomic E-state index is 0.611. The van der Waals surface area contributed by atoms with Crippen LogP contribution in [0.5, 0.6) is 0 Å². The number of carbonyl (C=O) groups excluding carboxylic acids is 1. The Labute approximate surface area is 77.3 Å². The molecule has 0 bridgehead atoms. The summed E-state index contributed by atoms with van der Waals surface area (Å²) in [7, 11) is 0. The van der Waals surface area contributed by atoms with Gasteiger partial charge in [-0.15, -0.1) is 0 Å². The van der Waals surface area contributed by atoms with E-state index in [2.05, 4.69) is 0 Å². The lowest BCUT2D eigenvalue weighted by Gasteiger charge is -2.00. The molecule has 0 unspecified atom stereocenters. The summed E-state index contributed by atoms with van der Waals surface area (Å²) >= 11 is 0. The first-order valence-corrected chi connectivity index (χ1v) is 3.58. The fourth-order valence-electron chi connectivity index (χ4n) is 1.03. The molecule has 0 amide bonds. The van der Waals surface area contributed by atoms with Gasteiger partial charge in [-0.25, -0.2) is 8.78 Å². The molecule has 0 saturated carbocycles. The van der Waals surface area contributed by atoms with E-state index in [1.165, 1.54) is 0 Å². The number of carbonyl (C=O) groups is 1. The molecule has 0 atom stereocenters. The van der Waals surface area contributed by atoms with Crippen LogP contribution in [0.4, 0.5) is 14.5 Å². The number of hydrogen-bond acceptors (Lipinski definition) is 3. The van der Waals surface area contributed by atoms with Crippen molar-refractivity contribution in [3.05, 3.63) is 39.4 Å². The summed E-state index contributed by atoms with van der Waals surface area (Å²) in [4.78, 5) is 20.3. The highest BCUT2D eigenvalue weighted by molar-refractivity contribution is 5.98. The van der Waals surface area contributed by atoms with Gasteiger partial charge in [0.05, 0.1) is 4.92 Å². The molecule has 0 saturated heterocycles. The Morgan fingerprint density at radius 3 is 2.43 bits per heavy atom. The molecule has 0 aliphatic carbocycles. The van der Waals surface area contributed by atoms with Crippen molar-refractivity contribution in [1.29, 1.82) is 0 Å². The van der Waals surface area contributed by atoms with Crippen molar-refractivity contribution in [2.24, 2.45) is 0 Å². The van der Waals surface area contributed by atoms with Crippen molar-refractivity contribution in [2.75, 3.05) is 0 Å². The quantitative estimate of drug-likeness (QED) is 0.418. The highest BCUT2D eigenvalue weighted by Gasteiger charge is 2.24. The predicted molar refractivity (Wildman–Crippen MR) is 43.0 cm³/mol. The Balaban J connectivity index is 3.53. The zero-order chi connectivity index (χ0) is 10.9. The van der Waals surface area contributed by atoms with Gasteiger partial charge in [-0.05, 0) is 13.0 Å². The van der Waals surface area contributed by atoms with Crippen LogP contribution in [0.15, 0.2) is 12.1 Å². The third kappa shape index (κ3) is 1.59. The number of hydrogen-bond donors (Lipinski definition) is 0. The van der Waals surface area contributed by atoms with Gasteiger partial charge in [-0.2, -0.15) is 0 Å². The fraction of sp³-hybridized carbons (Fsp3) is 0.125. The van der Waals surface area contributed by atoms with Crippen LogP contribution in [0.1, 0.15) is 17.3 Å². The molecule has 0 heterocycles. The standard InChI is InChI=1S/C8H5F2NO3/c1-4(12)7-6(11(13)14)3-2-5(9)8(7)10/h2-3H,1H3. The zero-order valence-corrected chi connectivity index (χ0v) is 7.08. The average Bonchev–Trinajstić information content (AvgIpc) is 2.08. The van der Waals surface area contributed by atoms with Crippen molar-refractivity contribution in [3.63, 3.8) is 0 Å². The zero-order valence-electron chi connectivity index (χ0n) is 7.08. The Hall–Kier alpha value is -1.85. The van der Waals surface area contributed by atoms with E-state index in [4.69, 9.17) is 0 Å². The van der Waals surface area contributed by atoms with Gasteiger partial charge >= 0.3 is 0 Å². The first-order chi connectivity index (χ1) is 6.45. The maximum absolute atomic E-state index is 13.0. The van der Waals surface area contributed by atoms with E-state index < -0.39 is 33.6 Å². The number of nitrogens with zero attached hydrogens (tertiary/aromatic N) is 1. The van der Waals surface area contributed by atoms with Gasteiger partial charge in [0.15, 0.2) is 17.4 Å². The second kappa shape index (κ2) is 3.49. The SMILES string of the molecule is CC(=O)c1c([N+](=O)[O-])ccc(F)c1F. The summed E-state index contributed by atoms with van der Waals surface area (Å²) in [6, 6.07) is 1.37. The molecule has 0 aromatic heterocycles. The Bertz CT molecular complexity index is 417. The number of halogens is 2. The minimum atomic E-state index is -1.48. The topological polar surface area (TPSA) is 60.2 Å². The summed E-state index contributed by atoms with van der Waals surface area (Å²) < 4.78 is 25.6. The molecular formula is C8H5F2NO3. The lowest BCUT2D eigenvalue weighted by Crippen LogP contribution is -2.05. The van der Waals surface area contributed by atoms with E-state index in [0.717, 1.165) is 13.0 Å². The van der Waals surface area contributed by atoms with E-state index >= 15 is 0 Å². The lowest BCUT2D eigenvalue weighted by atomic mass is 10.1. The number of benzene rings is 1. The van der Waals surface area contributed by atoms with Crippen LogP contribution in [0.2, 0.25) is 0 Å². The van der Waals surface area contributed by atoms with Gasteiger partial charge in [-0.1, -0.05) is 0 Å². The summed E-state index contributed by atoms with van der Waals surface area (Å²) in [5, 5.41) is 10.4. The molecule has 14 heavy (non-hydrogen) atoms. The van der Waals surface area contributed by atoms with E-state index in [1.807, 2.05) is 0 Å². The molecule has 4 nitrogen and oxygen atoms in total. The van der Waals surface area contributed by atoms with Crippen LogP contribution in [-0.2, 0) is 0 Å². The Kier molecular flexibility index (Phi) is 2.55. The number of rotatable bonds is 2. The maximum Gasteiger partial charge on any atom is 0.283 e. The third-order valence-corrected chi connectivity index (χ3v) is 1.62. The van der Waals surface area contributed by atoms with Gasteiger partial charge in [0, 0.05) is 6.07 Å². The van der Waals surface area contributed by atoms with Crippen LogP contribution < -0.4 is 0 Å². The number of nitro groups is 1. The average molecular weight is 201 g/mol. The van der Waals surface area contributed by atoms with E-state index in [0.29, 0.717) is 6.07 Å². The number of Topliss-reactive ketones (excluding diaryl/α,β-unsaturated/α-hetero) is 1. The van der Waals surface area contributed by atoms with Crippen molar-refractivity contribution >= 4 is 11.5 Å². The second-order valence-corrected chi connectivity index (χ2v) is 2.57. The number of ketones is 1. The van der Waals surface area contributed by atoms with E-state index in [9.17, 15) is 23.7 Å². The highest BCUT2D eigenvalue weighted by Crippen LogP contribution is 2.23. The van der Waals surface area contributed by atoms with Crippen molar-refractivity contribution in [3.8, 4) is 0 Å². The lowest BCUT2D eigenvalue weighted by molar-refractivity contribution is -0.385. The van der Waals surface area contributed by atoms with Crippen LogP contribution in [0, 0.1) is 21.7 Å². The molecule has 0 spiro atoms. The first-order valence-electron chi connectivity index (χ1n) is 3.58. The van der Waals surface area contributed by atoms with Gasteiger partial charge in [0.25, 0.3) is 5.69 Å². The normalized spacial score (nSPS) is 9.93. The van der Waals surface area contributed by atoms with Crippen molar-refractivity contribution < 1.29 is 18.5 Å². The van der Waals surface area contributed by atoms with Crippen LogP contribution in [0.3, 0.4) is 0 Å². The second-order valence-electron chi connectivity index (χ2n) is 2.57. The van der Waals surface area contributed by atoms with Gasteiger partial charge in [0.1, 0.15) is 5.56 Å². The fourth-order valence-corrected chi connectivity index (χ4v) is 1.03. The first kappa shape index (κ1) is 10.2. The van der Waals surface area contributed by atoms with Gasteiger partial charge < -0.3 is 0 Å². The molecule has 0 aliphatic rings. The maximum atomic E-state index is 13.0. The largest absolute Gasteiger partial charge is 0.294 e. The molecule has 74 valence electrons. The van der Waals surface area contributed by atoms with Gasteiger partial charge in [-0.3, -0.25) is 14.9 Å². The van der Waals surface area contributed by atoms with E-state index in [-0.39, 0.29) is 0 Å². The summed E-state index contributed by atoms with van der Waals surface area (Å²) in [6.45, 7) is 0.935. The Morgan fingerprint density at radius 2 is 2.00 bits per heavy atom. The van der Waals surface area contributed by atoms with Crippen molar-refractivity contribution in [1.82, 2.24) is 0 Å². The third-order valence-electron chi connectivity index (χ3n) is 1.62. The van der Waals surface area contributed by atoms with Gasteiger partial charge in [0.2, 0.25) is 0 Å². The molecule has 0 N–H and O–H groups in total. The molecule has 1 aromatic carbocycles. The molecule has 1 aromatic rings. The highest BCUT2D eigenvalue weighted by atomic mass is 19.2. The minimum Gasteiger partial charge on any atom is -0.294 e. The van der Waals surface area contributed by atoms with Crippen molar-refractivity contribution in [2.45, 2.75) is 6.92 Å². The van der Waals surface area contributed by atoms with Crippen LogP contribution >= 0.6 is 0 Å².